The number of esters is 1. The molecule has 0 aliphatic heterocycles. The van der Waals surface area contributed by atoms with E-state index in [9.17, 15) is 4.79 Å². The van der Waals surface area contributed by atoms with E-state index in [0.29, 0.717) is 29.3 Å². The summed E-state index contributed by atoms with van der Waals surface area (Å²) in [7, 11) is 3.12. The average molecular weight is 388 g/mol. The minimum Gasteiger partial charge on any atom is -0.493 e. The standard InChI is InChI=1S/C19H20N2O5S/c1-23-15-9-8-13(11-16(15)24-2)19-20-17(26-21-19)12-25-18(22)7-3-5-14-6-4-10-27-14/h4,6,8-11H,3,5,7,12H2,1-2H3. The Morgan fingerprint density at radius 3 is 2.78 bits per heavy atom. The third-order valence-electron chi connectivity index (χ3n) is 3.85. The highest BCUT2D eigenvalue weighted by molar-refractivity contribution is 7.09. The molecule has 1 aromatic carbocycles. The molecule has 0 aliphatic carbocycles. The number of hydrogen-bond donors (Lipinski definition) is 0. The van der Waals surface area contributed by atoms with Gasteiger partial charge in [0, 0.05) is 16.9 Å². The van der Waals surface area contributed by atoms with Gasteiger partial charge in [0.1, 0.15) is 0 Å². The van der Waals surface area contributed by atoms with Crippen LogP contribution in [-0.4, -0.2) is 30.3 Å². The molecule has 142 valence electrons. The molecule has 3 rings (SSSR count). The van der Waals surface area contributed by atoms with E-state index >= 15 is 0 Å². The fraction of sp³-hybridized carbons (Fsp3) is 0.316. The molecule has 0 amide bonds. The van der Waals surface area contributed by atoms with Gasteiger partial charge in [0.2, 0.25) is 5.82 Å². The molecule has 0 fully saturated rings. The van der Waals surface area contributed by atoms with Crippen LogP contribution < -0.4 is 9.47 Å². The summed E-state index contributed by atoms with van der Waals surface area (Å²) < 4.78 is 20.8. The van der Waals surface area contributed by atoms with Crippen LogP contribution in [0.25, 0.3) is 11.4 Å². The molecule has 0 spiro atoms. The Labute approximate surface area is 160 Å². The molecular weight excluding hydrogens is 368 g/mol. The van der Waals surface area contributed by atoms with Crippen molar-refractivity contribution in [3.05, 3.63) is 46.5 Å². The Kier molecular flexibility index (Phi) is 6.43. The summed E-state index contributed by atoms with van der Waals surface area (Å²) in [6.45, 7) is -0.0435. The Bertz CT molecular complexity index is 876. The number of aromatic nitrogens is 2. The molecular formula is C19H20N2O5S. The molecule has 0 atom stereocenters. The maximum Gasteiger partial charge on any atom is 0.306 e. The van der Waals surface area contributed by atoms with Crippen LogP contribution in [0.4, 0.5) is 0 Å². The van der Waals surface area contributed by atoms with Crippen molar-refractivity contribution in [3.8, 4) is 22.9 Å². The van der Waals surface area contributed by atoms with Crippen LogP contribution in [0.1, 0.15) is 23.6 Å². The molecule has 0 bridgehead atoms. The van der Waals surface area contributed by atoms with Crippen molar-refractivity contribution in [2.75, 3.05) is 14.2 Å². The average Bonchev–Trinajstić information content (AvgIpc) is 3.38. The van der Waals surface area contributed by atoms with E-state index in [1.807, 2.05) is 11.4 Å². The lowest BCUT2D eigenvalue weighted by molar-refractivity contribution is -0.145. The number of carbonyl (C=O) groups excluding carboxylic acids is 1. The number of carbonyl (C=O) groups is 1. The second-order valence-corrected chi connectivity index (χ2v) is 6.71. The lowest BCUT2D eigenvalue weighted by Gasteiger charge is -2.07. The highest BCUT2D eigenvalue weighted by Gasteiger charge is 2.13. The third kappa shape index (κ3) is 5.07. The van der Waals surface area contributed by atoms with Gasteiger partial charge in [0.25, 0.3) is 5.89 Å². The molecule has 7 nitrogen and oxygen atoms in total. The minimum atomic E-state index is -0.280. The third-order valence-corrected chi connectivity index (χ3v) is 4.79. The van der Waals surface area contributed by atoms with Crippen molar-refractivity contribution in [1.82, 2.24) is 10.1 Å². The second-order valence-electron chi connectivity index (χ2n) is 5.68. The van der Waals surface area contributed by atoms with E-state index in [4.69, 9.17) is 18.7 Å². The van der Waals surface area contributed by atoms with E-state index in [2.05, 4.69) is 16.2 Å². The van der Waals surface area contributed by atoms with E-state index in [1.165, 1.54) is 4.88 Å². The topological polar surface area (TPSA) is 83.7 Å². The summed E-state index contributed by atoms with van der Waals surface area (Å²) in [6, 6.07) is 9.38. The molecule has 2 heterocycles. The monoisotopic (exact) mass is 388 g/mol. The summed E-state index contributed by atoms with van der Waals surface area (Å²) in [6.07, 6.45) is 1.98. The highest BCUT2D eigenvalue weighted by Crippen LogP contribution is 2.31. The van der Waals surface area contributed by atoms with E-state index in [1.54, 1.807) is 43.8 Å². The van der Waals surface area contributed by atoms with Gasteiger partial charge in [-0.15, -0.1) is 11.3 Å². The van der Waals surface area contributed by atoms with Crippen LogP contribution in [0.3, 0.4) is 0 Å². The van der Waals surface area contributed by atoms with Crippen LogP contribution in [0.5, 0.6) is 11.5 Å². The number of rotatable bonds is 9. The molecule has 0 unspecified atom stereocenters. The van der Waals surface area contributed by atoms with Gasteiger partial charge in [0.05, 0.1) is 14.2 Å². The van der Waals surface area contributed by atoms with Crippen LogP contribution in [0.15, 0.2) is 40.2 Å². The zero-order valence-corrected chi connectivity index (χ0v) is 16.0. The zero-order valence-electron chi connectivity index (χ0n) is 15.1. The highest BCUT2D eigenvalue weighted by atomic mass is 32.1. The lowest BCUT2D eigenvalue weighted by atomic mass is 10.2. The number of ether oxygens (including phenoxy) is 3. The Morgan fingerprint density at radius 1 is 1.19 bits per heavy atom. The number of aryl methyl sites for hydroxylation is 1. The molecule has 0 radical (unpaired) electrons. The summed E-state index contributed by atoms with van der Waals surface area (Å²) in [5.74, 6) is 1.53. The summed E-state index contributed by atoms with van der Waals surface area (Å²) >= 11 is 1.69. The molecule has 0 aliphatic rings. The number of hydrogen-bond acceptors (Lipinski definition) is 8. The van der Waals surface area contributed by atoms with Crippen molar-refractivity contribution < 1.29 is 23.5 Å². The van der Waals surface area contributed by atoms with Gasteiger partial charge in [0.15, 0.2) is 18.1 Å². The van der Waals surface area contributed by atoms with Crippen LogP contribution in [0.2, 0.25) is 0 Å². The zero-order chi connectivity index (χ0) is 19.1. The summed E-state index contributed by atoms with van der Waals surface area (Å²) in [5.41, 5.74) is 0.713. The first-order valence-corrected chi connectivity index (χ1v) is 9.30. The molecule has 0 saturated carbocycles. The normalized spacial score (nSPS) is 10.6. The Balaban J connectivity index is 1.51. The summed E-state index contributed by atoms with van der Waals surface area (Å²) in [5, 5.41) is 5.95. The number of methoxy groups -OCH3 is 2. The van der Waals surface area contributed by atoms with Crippen LogP contribution in [-0.2, 0) is 22.6 Å². The molecule has 2 aromatic heterocycles. The minimum absolute atomic E-state index is 0.0435. The quantitative estimate of drug-likeness (QED) is 0.514. The van der Waals surface area contributed by atoms with Gasteiger partial charge < -0.3 is 18.7 Å². The fourth-order valence-corrected chi connectivity index (χ4v) is 3.23. The number of nitrogens with zero attached hydrogens (tertiary/aromatic N) is 2. The van der Waals surface area contributed by atoms with Crippen molar-refractivity contribution >= 4 is 17.3 Å². The van der Waals surface area contributed by atoms with Crippen molar-refractivity contribution in [1.29, 1.82) is 0 Å². The van der Waals surface area contributed by atoms with Gasteiger partial charge >= 0.3 is 5.97 Å². The van der Waals surface area contributed by atoms with Crippen molar-refractivity contribution in [2.45, 2.75) is 25.9 Å². The summed E-state index contributed by atoms with van der Waals surface area (Å²) in [4.78, 5) is 17.4. The van der Waals surface area contributed by atoms with E-state index < -0.39 is 0 Å². The molecule has 27 heavy (non-hydrogen) atoms. The van der Waals surface area contributed by atoms with E-state index in [-0.39, 0.29) is 18.5 Å². The van der Waals surface area contributed by atoms with Crippen molar-refractivity contribution in [3.63, 3.8) is 0 Å². The first kappa shape index (κ1) is 18.9. The predicted molar refractivity (Wildman–Crippen MR) is 99.9 cm³/mol. The predicted octanol–water partition coefficient (Wildman–Crippen LogP) is 3.88. The molecule has 8 heteroatoms. The first-order valence-electron chi connectivity index (χ1n) is 8.42. The molecule has 0 saturated heterocycles. The maximum atomic E-state index is 11.8. The van der Waals surface area contributed by atoms with E-state index in [0.717, 1.165) is 12.8 Å². The fourth-order valence-electron chi connectivity index (χ4n) is 2.48. The maximum absolute atomic E-state index is 11.8. The first-order chi connectivity index (χ1) is 13.2. The van der Waals surface area contributed by atoms with Crippen molar-refractivity contribution in [2.24, 2.45) is 0 Å². The van der Waals surface area contributed by atoms with Gasteiger partial charge in [-0.2, -0.15) is 4.98 Å². The second kappa shape index (κ2) is 9.18. The van der Waals surface area contributed by atoms with Gasteiger partial charge in [-0.1, -0.05) is 11.2 Å². The Hall–Kier alpha value is -2.87. The molecule has 0 N–H and O–H groups in total. The number of thiophene rings is 1. The Morgan fingerprint density at radius 2 is 2.04 bits per heavy atom. The van der Waals surface area contributed by atoms with Gasteiger partial charge in [-0.25, -0.2) is 0 Å². The van der Waals surface area contributed by atoms with Crippen LogP contribution >= 0.6 is 11.3 Å². The smallest absolute Gasteiger partial charge is 0.306 e. The SMILES string of the molecule is COc1ccc(-c2noc(COC(=O)CCCc3cccs3)n2)cc1OC. The number of benzene rings is 1. The largest absolute Gasteiger partial charge is 0.493 e. The van der Waals surface area contributed by atoms with Crippen LogP contribution in [0, 0.1) is 0 Å². The van der Waals surface area contributed by atoms with Gasteiger partial charge in [-0.3, -0.25) is 4.79 Å². The van der Waals surface area contributed by atoms with Gasteiger partial charge in [-0.05, 0) is 42.5 Å². The lowest BCUT2D eigenvalue weighted by Crippen LogP contribution is -2.05. The molecule has 3 aromatic rings.